The maximum atomic E-state index is 12.6. The molecule has 0 saturated heterocycles. The Kier molecular flexibility index (Phi) is 5.85. The minimum absolute atomic E-state index is 0.395. The number of sulfonamides is 1. The minimum Gasteiger partial charge on any atom is -0.208 e. The van der Waals surface area contributed by atoms with E-state index in [4.69, 9.17) is 11.6 Å². The van der Waals surface area contributed by atoms with Crippen molar-refractivity contribution in [3.63, 3.8) is 0 Å². The van der Waals surface area contributed by atoms with E-state index < -0.39 is 32.7 Å². The molecule has 0 heterocycles. The Morgan fingerprint density at radius 3 is 2.55 bits per heavy atom. The summed E-state index contributed by atoms with van der Waals surface area (Å²) in [5, 5.41) is 0. The summed E-state index contributed by atoms with van der Waals surface area (Å²) in [6.45, 7) is 1.64. The highest BCUT2D eigenvalue weighted by molar-refractivity contribution is 7.89. The van der Waals surface area contributed by atoms with E-state index in [0.29, 0.717) is 24.8 Å². The molecule has 0 aliphatic heterocycles. The average Bonchev–Trinajstić information content (AvgIpc) is 2.35. The van der Waals surface area contributed by atoms with Crippen molar-refractivity contribution >= 4 is 21.6 Å². The van der Waals surface area contributed by atoms with Crippen molar-refractivity contribution in [2.45, 2.75) is 36.9 Å². The van der Waals surface area contributed by atoms with E-state index in [2.05, 4.69) is 4.72 Å². The van der Waals surface area contributed by atoms with E-state index in [1.54, 1.807) is 6.92 Å². The molecule has 0 bridgehead atoms. The van der Waals surface area contributed by atoms with Gasteiger partial charge in [-0.3, -0.25) is 0 Å². The van der Waals surface area contributed by atoms with Gasteiger partial charge in [0, 0.05) is 11.9 Å². The second kappa shape index (κ2) is 6.78. The summed E-state index contributed by atoms with van der Waals surface area (Å²) < 4.78 is 63.9. The van der Waals surface area contributed by atoms with Crippen molar-refractivity contribution in [1.82, 2.24) is 4.72 Å². The van der Waals surface area contributed by atoms with Crippen molar-refractivity contribution in [2.75, 3.05) is 5.88 Å². The fourth-order valence-corrected chi connectivity index (χ4v) is 3.09. The fourth-order valence-electron chi connectivity index (χ4n) is 1.61. The molecule has 1 aromatic carbocycles. The van der Waals surface area contributed by atoms with Gasteiger partial charge >= 0.3 is 6.18 Å². The molecule has 8 heteroatoms. The lowest BCUT2D eigenvalue weighted by Crippen LogP contribution is -2.32. The third-order valence-electron chi connectivity index (χ3n) is 2.60. The third-order valence-corrected chi connectivity index (χ3v) is 4.45. The molecule has 20 heavy (non-hydrogen) atoms. The van der Waals surface area contributed by atoms with Crippen LogP contribution in [0.2, 0.25) is 0 Å². The average molecular weight is 330 g/mol. The molecule has 3 nitrogen and oxygen atoms in total. The molecule has 0 amide bonds. The van der Waals surface area contributed by atoms with Gasteiger partial charge in [-0.05, 0) is 38.0 Å². The zero-order valence-corrected chi connectivity index (χ0v) is 12.3. The lowest BCUT2D eigenvalue weighted by Gasteiger charge is -2.14. The molecular weight excluding hydrogens is 315 g/mol. The highest BCUT2D eigenvalue weighted by atomic mass is 35.5. The minimum atomic E-state index is -4.57. The second-order valence-electron chi connectivity index (χ2n) is 4.38. The second-order valence-corrected chi connectivity index (χ2v) is 6.47. The molecule has 1 aromatic rings. The third kappa shape index (κ3) is 4.96. The Labute approximate surface area is 121 Å². The molecule has 0 aliphatic carbocycles. The molecule has 0 radical (unpaired) electrons. The van der Waals surface area contributed by atoms with Crippen molar-refractivity contribution in [1.29, 1.82) is 0 Å². The lowest BCUT2D eigenvalue weighted by atomic mass is 10.2. The molecule has 1 atom stereocenters. The summed E-state index contributed by atoms with van der Waals surface area (Å²) in [7, 11) is -3.97. The monoisotopic (exact) mass is 329 g/mol. The van der Waals surface area contributed by atoms with Gasteiger partial charge in [0.05, 0.1) is 10.5 Å². The molecule has 1 rings (SSSR count). The summed E-state index contributed by atoms with van der Waals surface area (Å²) in [4.78, 5) is -0.398. The zero-order chi connectivity index (χ0) is 15.4. The molecule has 0 saturated carbocycles. The zero-order valence-electron chi connectivity index (χ0n) is 10.7. The number of alkyl halides is 4. The van der Waals surface area contributed by atoms with Gasteiger partial charge in [-0.1, -0.05) is 6.07 Å². The van der Waals surface area contributed by atoms with Crippen LogP contribution in [-0.4, -0.2) is 20.3 Å². The van der Waals surface area contributed by atoms with E-state index >= 15 is 0 Å². The predicted molar refractivity (Wildman–Crippen MR) is 71.2 cm³/mol. The molecule has 1 N–H and O–H groups in total. The van der Waals surface area contributed by atoms with E-state index in [0.717, 1.165) is 18.2 Å². The van der Waals surface area contributed by atoms with Crippen molar-refractivity contribution < 1.29 is 21.6 Å². The number of benzene rings is 1. The molecular formula is C12H15ClF3NO2S. The quantitative estimate of drug-likeness (QED) is 0.813. The predicted octanol–water partition coefficient (Wildman–Crippen LogP) is 3.39. The van der Waals surface area contributed by atoms with Crippen molar-refractivity contribution in [2.24, 2.45) is 0 Å². The molecule has 0 spiro atoms. The summed E-state index contributed by atoms with van der Waals surface area (Å²) >= 11 is 5.50. The first kappa shape index (κ1) is 17.3. The first-order valence-corrected chi connectivity index (χ1v) is 7.94. The van der Waals surface area contributed by atoms with Gasteiger partial charge < -0.3 is 0 Å². The van der Waals surface area contributed by atoms with Crippen LogP contribution in [0.1, 0.15) is 25.3 Å². The highest BCUT2D eigenvalue weighted by Gasteiger charge is 2.31. The molecule has 114 valence electrons. The Hall–Kier alpha value is -0.790. The van der Waals surface area contributed by atoms with Crippen LogP contribution < -0.4 is 4.72 Å². The van der Waals surface area contributed by atoms with Gasteiger partial charge in [0.1, 0.15) is 0 Å². The highest BCUT2D eigenvalue weighted by Crippen LogP contribution is 2.30. The number of hydrogen-bond donors (Lipinski definition) is 1. The summed E-state index contributed by atoms with van der Waals surface area (Å²) in [6, 6.07) is 3.26. The van der Waals surface area contributed by atoms with Gasteiger partial charge in [-0.25, -0.2) is 13.1 Å². The van der Waals surface area contributed by atoms with Crippen LogP contribution >= 0.6 is 11.6 Å². The molecule has 0 fully saturated rings. The maximum absolute atomic E-state index is 12.6. The smallest absolute Gasteiger partial charge is 0.208 e. The van der Waals surface area contributed by atoms with Crippen LogP contribution in [-0.2, 0) is 16.2 Å². The summed E-state index contributed by atoms with van der Waals surface area (Å²) in [6.07, 6.45) is -3.44. The standard InChI is InChI=1S/C12H15ClF3NO2S/c1-9(4-3-7-13)17-20(18,19)11-6-2-5-10(8-11)12(14,15)16/h2,5-6,8-9,17H,3-4,7H2,1H3. The number of nitrogens with one attached hydrogen (secondary N) is 1. The van der Waals surface area contributed by atoms with Gasteiger partial charge in [-0.2, -0.15) is 13.2 Å². The molecule has 1 unspecified atom stereocenters. The van der Waals surface area contributed by atoms with E-state index in [1.165, 1.54) is 0 Å². The van der Waals surface area contributed by atoms with Gasteiger partial charge in [0.2, 0.25) is 10.0 Å². The first-order valence-electron chi connectivity index (χ1n) is 5.92. The van der Waals surface area contributed by atoms with Crippen LogP contribution in [0.3, 0.4) is 0 Å². The fraction of sp³-hybridized carbons (Fsp3) is 0.500. The largest absolute Gasteiger partial charge is 0.416 e. The van der Waals surface area contributed by atoms with Crippen LogP contribution in [0.25, 0.3) is 0 Å². The number of halogens is 4. The SMILES string of the molecule is CC(CCCCl)NS(=O)(=O)c1cccc(C(F)(F)F)c1. The van der Waals surface area contributed by atoms with E-state index in [9.17, 15) is 21.6 Å². The topological polar surface area (TPSA) is 46.2 Å². The van der Waals surface area contributed by atoms with Crippen LogP contribution in [0.5, 0.6) is 0 Å². The van der Waals surface area contributed by atoms with Crippen molar-refractivity contribution in [3.05, 3.63) is 29.8 Å². The Balaban J connectivity index is 2.93. The van der Waals surface area contributed by atoms with Gasteiger partial charge in [0.15, 0.2) is 0 Å². The Bertz CT molecular complexity index is 546. The normalized spacial score (nSPS) is 14.2. The number of rotatable bonds is 6. The number of hydrogen-bond acceptors (Lipinski definition) is 2. The van der Waals surface area contributed by atoms with Crippen molar-refractivity contribution in [3.8, 4) is 0 Å². The van der Waals surface area contributed by atoms with Gasteiger partial charge in [0.25, 0.3) is 0 Å². The first-order chi connectivity index (χ1) is 9.16. The van der Waals surface area contributed by atoms with Crippen LogP contribution in [0.4, 0.5) is 13.2 Å². The Morgan fingerprint density at radius 2 is 2.00 bits per heavy atom. The van der Waals surface area contributed by atoms with E-state index in [-0.39, 0.29) is 0 Å². The maximum Gasteiger partial charge on any atom is 0.416 e. The summed E-state index contributed by atoms with van der Waals surface area (Å²) in [5.41, 5.74) is -0.992. The van der Waals surface area contributed by atoms with Crippen LogP contribution in [0, 0.1) is 0 Å². The molecule has 0 aliphatic rings. The lowest BCUT2D eigenvalue weighted by molar-refractivity contribution is -0.137. The van der Waals surface area contributed by atoms with Crippen LogP contribution in [0.15, 0.2) is 29.2 Å². The van der Waals surface area contributed by atoms with Gasteiger partial charge in [-0.15, -0.1) is 11.6 Å². The summed E-state index contributed by atoms with van der Waals surface area (Å²) in [5.74, 6) is 0.398. The molecule has 0 aromatic heterocycles. The van der Waals surface area contributed by atoms with E-state index in [1.807, 2.05) is 0 Å². The Morgan fingerprint density at radius 1 is 1.35 bits per heavy atom.